The fourth-order valence-corrected chi connectivity index (χ4v) is 2.33. The molecular formula is C9H18N2O. The van der Waals surface area contributed by atoms with Crippen LogP contribution in [0.25, 0.3) is 0 Å². The third-order valence-corrected chi connectivity index (χ3v) is 3.01. The van der Waals surface area contributed by atoms with Crippen LogP contribution in [0.1, 0.15) is 6.92 Å². The van der Waals surface area contributed by atoms with E-state index in [2.05, 4.69) is 23.8 Å². The molecule has 3 heteroatoms. The van der Waals surface area contributed by atoms with E-state index in [0.717, 1.165) is 19.7 Å². The molecule has 0 spiro atoms. The Kier molecular flexibility index (Phi) is 2.35. The minimum absolute atomic E-state index is 0.476. The molecule has 3 nitrogen and oxygen atoms in total. The summed E-state index contributed by atoms with van der Waals surface area (Å²) in [7, 11) is 2.18. The summed E-state index contributed by atoms with van der Waals surface area (Å²) in [6, 6.07) is 0.661. The number of hydrogen-bond acceptors (Lipinski definition) is 3. The zero-order valence-electron chi connectivity index (χ0n) is 7.99. The maximum atomic E-state index is 5.72. The molecule has 0 aromatic heterocycles. The monoisotopic (exact) mass is 170 g/mol. The smallest absolute Gasteiger partial charge is 0.0869 e. The summed E-state index contributed by atoms with van der Waals surface area (Å²) in [6.45, 7) is 7.73. The lowest BCUT2D eigenvalue weighted by atomic mass is 10.1. The van der Waals surface area contributed by atoms with Crippen LogP contribution < -0.4 is 0 Å². The van der Waals surface area contributed by atoms with Crippen LogP contribution >= 0.6 is 0 Å². The standard InChI is InChI=1S/C9H18N2O/c1-3-11-4-5-12-9-7-10(2)6-8(9)11/h8-9H,3-7H2,1-2H3. The average molecular weight is 170 g/mol. The Balaban J connectivity index is 2.02. The number of likely N-dealkylation sites (N-methyl/N-ethyl adjacent to an activating group) is 2. The van der Waals surface area contributed by atoms with Crippen LogP contribution in [0.4, 0.5) is 0 Å². The van der Waals surface area contributed by atoms with Crippen LogP contribution in [-0.4, -0.2) is 61.8 Å². The van der Waals surface area contributed by atoms with Gasteiger partial charge in [0.05, 0.1) is 12.7 Å². The van der Waals surface area contributed by atoms with E-state index in [-0.39, 0.29) is 0 Å². The van der Waals surface area contributed by atoms with Gasteiger partial charge in [0, 0.05) is 25.7 Å². The number of fused-ring (bicyclic) bond motifs is 1. The Hall–Kier alpha value is -0.120. The van der Waals surface area contributed by atoms with Crippen LogP contribution in [0.3, 0.4) is 0 Å². The molecule has 2 aliphatic heterocycles. The van der Waals surface area contributed by atoms with Gasteiger partial charge >= 0.3 is 0 Å². The summed E-state index contributed by atoms with van der Waals surface area (Å²) < 4.78 is 5.72. The van der Waals surface area contributed by atoms with Gasteiger partial charge in [-0.25, -0.2) is 0 Å². The van der Waals surface area contributed by atoms with Gasteiger partial charge in [-0.3, -0.25) is 4.90 Å². The first-order chi connectivity index (χ1) is 5.81. The number of likely N-dealkylation sites (tertiary alicyclic amines) is 1. The van der Waals surface area contributed by atoms with Crippen molar-refractivity contribution >= 4 is 0 Å². The molecule has 0 bridgehead atoms. The van der Waals surface area contributed by atoms with Gasteiger partial charge < -0.3 is 9.64 Å². The summed E-state index contributed by atoms with van der Waals surface area (Å²) in [5.74, 6) is 0. The first kappa shape index (κ1) is 8.48. The zero-order chi connectivity index (χ0) is 8.55. The van der Waals surface area contributed by atoms with Crippen LogP contribution in [-0.2, 0) is 4.74 Å². The molecule has 2 heterocycles. The molecular weight excluding hydrogens is 152 g/mol. The molecule has 2 fully saturated rings. The second-order valence-electron chi connectivity index (χ2n) is 3.83. The molecule has 2 saturated heterocycles. The Labute approximate surface area is 74.3 Å². The lowest BCUT2D eigenvalue weighted by Crippen LogP contribution is -2.50. The molecule has 0 saturated carbocycles. The molecule has 0 aromatic rings. The van der Waals surface area contributed by atoms with Crippen LogP contribution in [0, 0.1) is 0 Å². The van der Waals surface area contributed by atoms with Crippen molar-refractivity contribution in [3.05, 3.63) is 0 Å². The zero-order valence-corrected chi connectivity index (χ0v) is 7.99. The number of ether oxygens (including phenoxy) is 1. The van der Waals surface area contributed by atoms with E-state index in [9.17, 15) is 0 Å². The highest BCUT2D eigenvalue weighted by atomic mass is 16.5. The Morgan fingerprint density at radius 2 is 2.25 bits per heavy atom. The van der Waals surface area contributed by atoms with Crippen molar-refractivity contribution < 1.29 is 4.74 Å². The van der Waals surface area contributed by atoms with Gasteiger partial charge in [-0.1, -0.05) is 6.92 Å². The van der Waals surface area contributed by atoms with Crippen molar-refractivity contribution in [1.82, 2.24) is 9.80 Å². The fourth-order valence-electron chi connectivity index (χ4n) is 2.33. The first-order valence-corrected chi connectivity index (χ1v) is 4.85. The number of hydrogen-bond donors (Lipinski definition) is 0. The predicted molar refractivity (Wildman–Crippen MR) is 48.3 cm³/mol. The predicted octanol–water partition coefficient (Wildman–Crippen LogP) is 0.0211. The molecule has 0 aliphatic carbocycles. The van der Waals surface area contributed by atoms with E-state index >= 15 is 0 Å². The minimum Gasteiger partial charge on any atom is -0.374 e. The highest BCUT2D eigenvalue weighted by molar-refractivity contribution is 4.92. The summed E-state index contributed by atoms with van der Waals surface area (Å²) in [5, 5.41) is 0. The second kappa shape index (κ2) is 3.32. The number of rotatable bonds is 1. The molecule has 0 aromatic carbocycles. The normalized spacial score (nSPS) is 38.5. The van der Waals surface area contributed by atoms with Gasteiger partial charge in [-0.2, -0.15) is 0 Å². The van der Waals surface area contributed by atoms with Gasteiger partial charge in [-0.15, -0.1) is 0 Å². The quantitative estimate of drug-likeness (QED) is 0.552. The third kappa shape index (κ3) is 1.37. The van der Waals surface area contributed by atoms with Crippen LogP contribution in [0.2, 0.25) is 0 Å². The molecule has 2 aliphatic rings. The molecule has 2 unspecified atom stereocenters. The molecule has 0 N–H and O–H groups in total. The summed E-state index contributed by atoms with van der Waals surface area (Å²) in [4.78, 5) is 4.90. The lowest BCUT2D eigenvalue weighted by molar-refractivity contribution is -0.0449. The topological polar surface area (TPSA) is 15.7 Å². The lowest BCUT2D eigenvalue weighted by Gasteiger charge is -2.36. The van der Waals surface area contributed by atoms with E-state index < -0.39 is 0 Å². The van der Waals surface area contributed by atoms with Crippen molar-refractivity contribution in [3.63, 3.8) is 0 Å². The molecule has 2 rings (SSSR count). The number of nitrogens with zero attached hydrogens (tertiary/aromatic N) is 2. The number of morpholine rings is 1. The van der Waals surface area contributed by atoms with Crippen molar-refractivity contribution in [2.24, 2.45) is 0 Å². The molecule has 70 valence electrons. The summed E-state index contributed by atoms with van der Waals surface area (Å²) >= 11 is 0. The molecule has 0 radical (unpaired) electrons. The molecule has 0 amide bonds. The van der Waals surface area contributed by atoms with E-state index in [4.69, 9.17) is 4.74 Å². The van der Waals surface area contributed by atoms with Crippen molar-refractivity contribution in [2.75, 3.05) is 39.8 Å². The minimum atomic E-state index is 0.476. The molecule has 2 atom stereocenters. The third-order valence-electron chi connectivity index (χ3n) is 3.01. The van der Waals surface area contributed by atoms with Gasteiger partial charge in [-0.05, 0) is 13.6 Å². The Morgan fingerprint density at radius 1 is 1.42 bits per heavy atom. The molecule has 12 heavy (non-hydrogen) atoms. The van der Waals surface area contributed by atoms with Crippen LogP contribution in [0.15, 0.2) is 0 Å². The van der Waals surface area contributed by atoms with Crippen LogP contribution in [0.5, 0.6) is 0 Å². The van der Waals surface area contributed by atoms with E-state index in [1.807, 2.05) is 0 Å². The van der Waals surface area contributed by atoms with Crippen molar-refractivity contribution in [1.29, 1.82) is 0 Å². The fraction of sp³-hybridized carbons (Fsp3) is 1.00. The Bertz CT molecular complexity index is 157. The largest absolute Gasteiger partial charge is 0.374 e. The van der Waals surface area contributed by atoms with Gasteiger partial charge in [0.2, 0.25) is 0 Å². The van der Waals surface area contributed by atoms with Gasteiger partial charge in [0.15, 0.2) is 0 Å². The average Bonchev–Trinajstić information content (AvgIpc) is 2.44. The highest BCUT2D eigenvalue weighted by Crippen LogP contribution is 2.20. The second-order valence-corrected chi connectivity index (χ2v) is 3.83. The first-order valence-electron chi connectivity index (χ1n) is 4.85. The summed E-state index contributed by atoms with van der Waals surface area (Å²) in [6.07, 6.45) is 0.476. The maximum Gasteiger partial charge on any atom is 0.0869 e. The van der Waals surface area contributed by atoms with Gasteiger partial charge in [0.1, 0.15) is 0 Å². The van der Waals surface area contributed by atoms with E-state index in [0.29, 0.717) is 12.1 Å². The maximum absolute atomic E-state index is 5.72. The highest BCUT2D eigenvalue weighted by Gasteiger charge is 2.37. The Morgan fingerprint density at radius 3 is 3.00 bits per heavy atom. The van der Waals surface area contributed by atoms with E-state index in [1.54, 1.807) is 0 Å². The SMILES string of the molecule is CCN1CCOC2CN(C)CC21. The van der Waals surface area contributed by atoms with E-state index in [1.165, 1.54) is 13.1 Å². The van der Waals surface area contributed by atoms with Crippen molar-refractivity contribution in [2.45, 2.75) is 19.1 Å². The summed E-state index contributed by atoms with van der Waals surface area (Å²) in [5.41, 5.74) is 0. The van der Waals surface area contributed by atoms with Crippen molar-refractivity contribution in [3.8, 4) is 0 Å². The van der Waals surface area contributed by atoms with Gasteiger partial charge in [0.25, 0.3) is 0 Å².